The van der Waals surface area contributed by atoms with Crippen LogP contribution in [0.15, 0.2) is 170 Å². The molecule has 0 radical (unpaired) electrons. The van der Waals surface area contributed by atoms with Gasteiger partial charge in [-0.25, -0.2) is 0 Å². The Balaban J connectivity index is 0.986. The first-order valence-corrected chi connectivity index (χ1v) is 19.5. The van der Waals surface area contributed by atoms with Gasteiger partial charge in [-0.2, -0.15) is 0 Å². The summed E-state index contributed by atoms with van der Waals surface area (Å²) in [6, 6.07) is 54.5. The van der Waals surface area contributed by atoms with Crippen LogP contribution < -0.4 is 4.90 Å². The molecule has 0 spiro atoms. The Morgan fingerprint density at radius 2 is 1.02 bits per heavy atom. The van der Waals surface area contributed by atoms with Gasteiger partial charge in [0.1, 0.15) is 0 Å². The first kappa shape index (κ1) is 32.1. The first-order chi connectivity index (χ1) is 24.9. The normalized spacial score (nSPS) is 17.8. The number of aromatic nitrogens is 1. The number of benzene rings is 6. The topological polar surface area (TPSA) is 8.17 Å². The monoisotopic (exact) mass is 772 g/mol. The number of nitrogens with zero attached hydrogens (tertiary/aromatic N) is 2. The smallest absolute Gasteiger partial charge is 0.0629 e. The zero-order valence-corrected chi connectivity index (χ0v) is 31.5. The van der Waals surface area contributed by atoms with E-state index in [1.165, 1.54) is 66.7 Å². The molecule has 1 aliphatic carbocycles. The second-order valence-electron chi connectivity index (χ2n) is 14.8. The summed E-state index contributed by atoms with van der Waals surface area (Å²) in [4.78, 5) is 2.51. The standard InChI is InChI=1S/C48H41IN2/c1-47(2,34-24-28-37(29-25-34)50-43-16-8-4-12-39(43)40-13-5-9-17-44(40)50)33-20-22-35(23-21-33)48(3,32-49)36-26-30-38(31-27-36)51-45-18-10-6-14-41(45)42-15-7-11-19-46(42)51/h4-31,41,45H,32H2,1-3H3. The molecule has 3 heteroatoms. The van der Waals surface area contributed by atoms with E-state index in [9.17, 15) is 0 Å². The van der Waals surface area contributed by atoms with Gasteiger partial charge >= 0.3 is 0 Å². The Morgan fingerprint density at radius 1 is 0.529 bits per heavy atom. The summed E-state index contributed by atoms with van der Waals surface area (Å²) < 4.78 is 3.38. The number of halogens is 1. The molecule has 0 saturated carbocycles. The Bertz CT molecular complexity index is 2390. The van der Waals surface area contributed by atoms with Crippen molar-refractivity contribution in [2.45, 2.75) is 43.6 Å². The summed E-state index contributed by atoms with van der Waals surface area (Å²) in [6.07, 6.45) is 9.07. The van der Waals surface area contributed by atoms with Crippen LogP contribution in [0.3, 0.4) is 0 Å². The van der Waals surface area contributed by atoms with Gasteiger partial charge in [-0.15, -0.1) is 0 Å². The molecule has 3 unspecified atom stereocenters. The summed E-state index contributed by atoms with van der Waals surface area (Å²) >= 11 is 2.57. The number of hydrogen-bond acceptors (Lipinski definition) is 1. The third-order valence-corrected chi connectivity index (χ3v) is 13.2. The minimum atomic E-state index is -0.146. The minimum Gasteiger partial charge on any atom is -0.333 e. The van der Waals surface area contributed by atoms with Crippen LogP contribution in [-0.4, -0.2) is 15.0 Å². The number of rotatable bonds is 7. The van der Waals surface area contributed by atoms with Gasteiger partial charge in [-0.1, -0.05) is 171 Å². The Kier molecular flexibility index (Phi) is 7.81. The molecule has 0 amide bonds. The average molecular weight is 773 g/mol. The van der Waals surface area contributed by atoms with Crippen molar-refractivity contribution in [3.05, 3.63) is 198 Å². The first-order valence-electron chi connectivity index (χ1n) is 18.0. The molecule has 250 valence electrons. The quantitative estimate of drug-likeness (QED) is 0.116. The Morgan fingerprint density at radius 3 is 1.65 bits per heavy atom. The van der Waals surface area contributed by atoms with Crippen LogP contribution in [0.4, 0.5) is 11.4 Å². The molecule has 2 aliphatic rings. The molecule has 6 aromatic carbocycles. The Labute approximate surface area is 314 Å². The lowest BCUT2D eigenvalue weighted by atomic mass is 9.74. The fourth-order valence-corrected chi connectivity index (χ4v) is 9.43. The average Bonchev–Trinajstić information content (AvgIpc) is 3.71. The predicted molar refractivity (Wildman–Crippen MR) is 225 cm³/mol. The van der Waals surface area contributed by atoms with Gasteiger partial charge < -0.3 is 9.47 Å². The molecular weight excluding hydrogens is 731 g/mol. The summed E-state index contributed by atoms with van der Waals surface area (Å²) in [5, 5.41) is 2.58. The van der Waals surface area contributed by atoms with Crippen molar-refractivity contribution in [3.8, 4) is 5.69 Å². The third kappa shape index (κ3) is 5.11. The largest absolute Gasteiger partial charge is 0.333 e. The van der Waals surface area contributed by atoms with Crippen molar-refractivity contribution < 1.29 is 0 Å². The van der Waals surface area contributed by atoms with E-state index in [4.69, 9.17) is 0 Å². The lowest BCUT2D eigenvalue weighted by Crippen LogP contribution is -2.29. The lowest BCUT2D eigenvalue weighted by Gasteiger charge is -2.32. The highest BCUT2D eigenvalue weighted by atomic mass is 127. The molecule has 3 atom stereocenters. The van der Waals surface area contributed by atoms with Crippen molar-refractivity contribution in [1.82, 2.24) is 4.57 Å². The summed E-state index contributed by atoms with van der Waals surface area (Å²) in [7, 11) is 0. The van der Waals surface area contributed by atoms with Crippen LogP contribution in [-0.2, 0) is 10.8 Å². The summed E-state index contributed by atoms with van der Waals surface area (Å²) in [5.74, 6) is 0.395. The maximum absolute atomic E-state index is 2.57. The van der Waals surface area contributed by atoms with Crippen LogP contribution in [0.2, 0.25) is 0 Å². The molecule has 9 rings (SSSR count). The molecule has 1 aromatic heterocycles. The van der Waals surface area contributed by atoms with E-state index in [-0.39, 0.29) is 10.8 Å². The maximum atomic E-state index is 2.57. The zero-order valence-electron chi connectivity index (χ0n) is 29.3. The van der Waals surface area contributed by atoms with Crippen molar-refractivity contribution in [2.75, 3.05) is 9.33 Å². The van der Waals surface area contributed by atoms with Crippen LogP contribution in [0.1, 0.15) is 54.5 Å². The van der Waals surface area contributed by atoms with E-state index in [2.05, 4.69) is 223 Å². The zero-order chi connectivity index (χ0) is 34.7. The summed E-state index contributed by atoms with van der Waals surface area (Å²) in [6.45, 7) is 7.07. The van der Waals surface area contributed by atoms with Gasteiger partial charge in [-0.3, -0.25) is 0 Å². The molecule has 0 bridgehead atoms. The highest BCUT2D eigenvalue weighted by Gasteiger charge is 2.37. The van der Waals surface area contributed by atoms with Crippen molar-refractivity contribution in [1.29, 1.82) is 0 Å². The van der Waals surface area contributed by atoms with Crippen molar-refractivity contribution >= 4 is 55.8 Å². The highest BCUT2D eigenvalue weighted by Crippen LogP contribution is 2.48. The maximum Gasteiger partial charge on any atom is 0.0629 e. The SMILES string of the molecule is CC(C)(c1ccc(-n2c3ccccc3c3ccccc32)cc1)c1ccc(C(C)(CI)c2ccc(N3c4ccccc4C4C=CC=CC43)cc2)cc1. The second kappa shape index (κ2) is 12.4. The molecule has 0 fully saturated rings. The van der Waals surface area contributed by atoms with Gasteiger partial charge in [0.25, 0.3) is 0 Å². The summed E-state index contributed by atoms with van der Waals surface area (Å²) in [5.41, 5.74) is 12.7. The van der Waals surface area contributed by atoms with Crippen LogP contribution >= 0.6 is 22.6 Å². The fraction of sp³-hybridized carbons (Fsp3) is 0.167. The number of allylic oxidation sites excluding steroid dienone is 2. The van der Waals surface area contributed by atoms with Gasteiger partial charge in [0, 0.05) is 49.0 Å². The highest BCUT2D eigenvalue weighted by molar-refractivity contribution is 14.1. The lowest BCUT2D eigenvalue weighted by molar-refractivity contribution is 0.633. The van der Waals surface area contributed by atoms with Gasteiger partial charge in [0.2, 0.25) is 0 Å². The molecule has 2 heterocycles. The number of hydrogen-bond donors (Lipinski definition) is 0. The molecular formula is C48H41IN2. The van der Waals surface area contributed by atoms with Crippen molar-refractivity contribution in [2.24, 2.45) is 0 Å². The molecule has 51 heavy (non-hydrogen) atoms. The number of alkyl halides is 1. The molecule has 0 N–H and O–H groups in total. The molecule has 7 aromatic rings. The van der Waals surface area contributed by atoms with E-state index >= 15 is 0 Å². The minimum absolute atomic E-state index is 0.106. The third-order valence-electron chi connectivity index (χ3n) is 11.7. The molecule has 1 aliphatic heterocycles. The van der Waals surface area contributed by atoms with Gasteiger partial charge in [0.05, 0.1) is 17.1 Å². The van der Waals surface area contributed by atoms with E-state index in [0.29, 0.717) is 12.0 Å². The molecule has 0 saturated heterocycles. The van der Waals surface area contributed by atoms with Crippen molar-refractivity contribution in [3.63, 3.8) is 0 Å². The van der Waals surface area contributed by atoms with Crippen LogP contribution in [0.5, 0.6) is 0 Å². The second-order valence-corrected chi connectivity index (χ2v) is 15.6. The van der Waals surface area contributed by atoms with E-state index in [1.54, 1.807) is 0 Å². The fourth-order valence-electron chi connectivity index (χ4n) is 8.55. The molecule has 2 nitrogen and oxygen atoms in total. The van der Waals surface area contributed by atoms with E-state index < -0.39 is 0 Å². The Hall–Kier alpha value is -4.87. The van der Waals surface area contributed by atoms with E-state index in [0.717, 1.165) is 4.43 Å². The number of anilines is 2. The van der Waals surface area contributed by atoms with Crippen LogP contribution in [0, 0.1) is 0 Å². The van der Waals surface area contributed by atoms with E-state index in [1.807, 2.05) is 0 Å². The number of fused-ring (bicyclic) bond motifs is 6. The predicted octanol–water partition coefficient (Wildman–Crippen LogP) is 12.6. The van der Waals surface area contributed by atoms with Gasteiger partial charge in [-0.05, 0) is 70.3 Å². The van der Waals surface area contributed by atoms with Crippen LogP contribution in [0.25, 0.3) is 27.5 Å². The number of para-hydroxylation sites is 3. The van der Waals surface area contributed by atoms with Gasteiger partial charge in [0.15, 0.2) is 0 Å².